The molecule has 7 nitrogen and oxygen atoms in total. The van der Waals surface area contributed by atoms with E-state index in [-0.39, 0.29) is 5.91 Å². The van der Waals surface area contributed by atoms with E-state index in [4.69, 9.17) is 4.42 Å². The Morgan fingerprint density at radius 1 is 1.19 bits per heavy atom. The van der Waals surface area contributed by atoms with Gasteiger partial charge in [0.05, 0.1) is 12.2 Å². The van der Waals surface area contributed by atoms with Crippen molar-refractivity contribution in [2.24, 2.45) is 0 Å². The predicted octanol–water partition coefficient (Wildman–Crippen LogP) is 1.87. The van der Waals surface area contributed by atoms with Crippen LogP contribution in [0.25, 0.3) is 0 Å². The molecule has 0 aromatic carbocycles. The first kappa shape index (κ1) is 18.5. The molecule has 2 aromatic rings. The predicted molar refractivity (Wildman–Crippen MR) is 98.5 cm³/mol. The number of amides is 1. The van der Waals surface area contributed by atoms with Crippen LogP contribution in [0.1, 0.15) is 35.4 Å². The molecule has 7 heteroatoms. The normalized spacial score (nSPS) is 15.9. The van der Waals surface area contributed by atoms with E-state index < -0.39 is 0 Å². The fourth-order valence-electron chi connectivity index (χ4n) is 3.13. The summed E-state index contributed by atoms with van der Waals surface area (Å²) < 4.78 is 5.52. The van der Waals surface area contributed by atoms with Crippen LogP contribution in [0.4, 0.5) is 0 Å². The number of aromatic nitrogens is 2. The molecular formula is C19H27N5O2. The summed E-state index contributed by atoms with van der Waals surface area (Å²) in [4.78, 5) is 27.4. The van der Waals surface area contributed by atoms with Crippen LogP contribution in [0.5, 0.6) is 0 Å². The maximum Gasteiger partial charge on any atom is 0.275 e. The summed E-state index contributed by atoms with van der Waals surface area (Å²) in [5, 5.41) is 0. The Bertz CT molecular complexity index is 695. The van der Waals surface area contributed by atoms with Crippen molar-refractivity contribution in [1.82, 2.24) is 24.7 Å². The fourth-order valence-corrected chi connectivity index (χ4v) is 3.13. The smallest absolute Gasteiger partial charge is 0.275 e. The Kier molecular flexibility index (Phi) is 6.35. The van der Waals surface area contributed by atoms with Crippen LogP contribution in [0.3, 0.4) is 0 Å². The first-order valence-corrected chi connectivity index (χ1v) is 9.20. The van der Waals surface area contributed by atoms with Gasteiger partial charge in [0.2, 0.25) is 5.89 Å². The molecule has 1 aliphatic rings. The molecule has 0 saturated carbocycles. The molecule has 3 heterocycles. The zero-order valence-electron chi connectivity index (χ0n) is 15.6. The number of hydrogen-bond donors (Lipinski definition) is 0. The van der Waals surface area contributed by atoms with Gasteiger partial charge in [-0.3, -0.25) is 19.6 Å². The van der Waals surface area contributed by atoms with E-state index in [0.717, 1.165) is 51.4 Å². The van der Waals surface area contributed by atoms with Gasteiger partial charge >= 0.3 is 0 Å². The molecule has 0 bridgehead atoms. The number of carbonyl (C=O) groups excluding carboxylic acids is 1. The minimum atomic E-state index is -0.0815. The van der Waals surface area contributed by atoms with Crippen molar-refractivity contribution in [1.29, 1.82) is 0 Å². The van der Waals surface area contributed by atoms with Crippen LogP contribution < -0.4 is 0 Å². The Hall–Kier alpha value is -2.25. The lowest BCUT2D eigenvalue weighted by molar-refractivity contribution is 0.0789. The quantitative estimate of drug-likeness (QED) is 0.754. The summed E-state index contributed by atoms with van der Waals surface area (Å²) in [5.74, 6) is 0.526. The second kappa shape index (κ2) is 8.91. The van der Waals surface area contributed by atoms with Crippen molar-refractivity contribution < 1.29 is 9.21 Å². The highest BCUT2D eigenvalue weighted by Gasteiger charge is 2.21. The standard InChI is InChI=1S/C19H27N5O2/c1-3-8-22(2)19(25)17-15-26-18(21-17)14-24-11-9-23(10-12-24)13-16-6-4-5-7-20-16/h4-7,15H,3,8-14H2,1-2H3. The lowest BCUT2D eigenvalue weighted by atomic mass is 10.2. The number of pyridine rings is 1. The number of nitrogens with zero attached hydrogens (tertiary/aromatic N) is 5. The Morgan fingerprint density at radius 3 is 2.58 bits per heavy atom. The van der Waals surface area contributed by atoms with Gasteiger partial charge in [-0.1, -0.05) is 13.0 Å². The average Bonchev–Trinajstić information content (AvgIpc) is 3.12. The molecule has 0 N–H and O–H groups in total. The molecule has 3 rings (SSSR count). The van der Waals surface area contributed by atoms with Crippen molar-refractivity contribution in [3.05, 3.63) is 47.9 Å². The zero-order valence-corrected chi connectivity index (χ0v) is 15.6. The van der Waals surface area contributed by atoms with Crippen molar-refractivity contribution in [3.63, 3.8) is 0 Å². The monoisotopic (exact) mass is 357 g/mol. The van der Waals surface area contributed by atoms with Gasteiger partial charge in [0, 0.05) is 52.5 Å². The van der Waals surface area contributed by atoms with Gasteiger partial charge in [0.15, 0.2) is 5.69 Å². The summed E-state index contributed by atoms with van der Waals surface area (Å²) in [6.07, 6.45) is 4.24. The Balaban J connectivity index is 1.47. The molecule has 1 amide bonds. The largest absolute Gasteiger partial charge is 0.447 e. The van der Waals surface area contributed by atoms with Gasteiger partial charge in [-0.2, -0.15) is 0 Å². The van der Waals surface area contributed by atoms with Crippen LogP contribution in [-0.2, 0) is 13.1 Å². The van der Waals surface area contributed by atoms with E-state index in [1.54, 1.807) is 11.9 Å². The number of carbonyl (C=O) groups is 1. The minimum absolute atomic E-state index is 0.0815. The summed E-state index contributed by atoms with van der Waals surface area (Å²) in [5.41, 5.74) is 1.50. The van der Waals surface area contributed by atoms with E-state index in [1.165, 1.54) is 6.26 Å². The van der Waals surface area contributed by atoms with E-state index in [0.29, 0.717) is 18.1 Å². The fraction of sp³-hybridized carbons (Fsp3) is 0.526. The summed E-state index contributed by atoms with van der Waals surface area (Å²) in [6, 6.07) is 6.03. The molecule has 2 aromatic heterocycles. The van der Waals surface area contributed by atoms with Crippen molar-refractivity contribution in [2.75, 3.05) is 39.8 Å². The highest BCUT2D eigenvalue weighted by molar-refractivity contribution is 5.91. The van der Waals surface area contributed by atoms with Gasteiger partial charge in [0.1, 0.15) is 6.26 Å². The molecule has 1 saturated heterocycles. The van der Waals surface area contributed by atoms with Crippen LogP contribution in [0.2, 0.25) is 0 Å². The third kappa shape index (κ3) is 4.89. The first-order valence-electron chi connectivity index (χ1n) is 9.20. The molecule has 1 aliphatic heterocycles. The van der Waals surface area contributed by atoms with Crippen LogP contribution in [0, 0.1) is 0 Å². The van der Waals surface area contributed by atoms with Crippen LogP contribution in [-0.4, -0.2) is 70.3 Å². The van der Waals surface area contributed by atoms with Gasteiger partial charge in [-0.05, 0) is 18.6 Å². The van der Waals surface area contributed by atoms with E-state index in [9.17, 15) is 4.79 Å². The second-order valence-electron chi connectivity index (χ2n) is 6.73. The van der Waals surface area contributed by atoms with Crippen molar-refractivity contribution >= 4 is 5.91 Å². The number of rotatable bonds is 7. The third-order valence-electron chi connectivity index (χ3n) is 4.61. The molecule has 140 valence electrons. The van der Waals surface area contributed by atoms with E-state index in [2.05, 4.69) is 25.8 Å². The van der Waals surface area contributed by atoms with Gasteiger partial charge in [-0.15, -0.1) is 0 Å². The molecule has 1 fully saturated rings. The molecule has 0 unspecified atom stereocenters. The Labute approximate surface area is 154 Å². The van der Waals surface area contributed by atoms with Gasteiger partial charge in [0.25, 0.3) is 5.91 Å². The highest BCUT2D eigenvalue weighted by Crippen LogP contribution is 2.12. The maximum atomic E-state index is 12.2. The zero-order chi connectivity index (χ0) is 18.4. The third-order valence-corrected chi connectivity index (χ3v) is 4.61. The number of piperazine rings is 1. The molecule has 0 aliphatic carbocycles. The van der Waals surface area contributed by atoms with Crippen molar-refractivity contribution in [2.45, 2.75) is 26.4 Å². The molecular weight excluding hydrogens is 330 g/mol. The highest BCUT2D eigenvalue weighted by atomic mass is 16.3. The summed E-state index contributed by atoms with van der Waals surface area (Å²) in [7, 11) is 1.79. The van der Waals surface area contributed by atoms with Gasteiger partial charge in [-0.25, -0.2) is 4.98 Å². The first-order chi connectivity index (χ1) is 12.7. The number of hydrogen-bond acceptors (Lipinski definition) is 6. The average molecular weight is 357 g/mol. The lowest BCUT2D eigenvalue weighted by Gasteiger charge is -2.33. The summed E-state index contributed by atoms with van der Waals surface area (Å²) >= 11 is 0. The SMILES string of the molecule is CCCN(C)C(=O)c1coc(CN2CCN(Cc3ccccn3)CC2)n1. The number of oxazole rings is 1. The van der Waals surface area contributed by atoms with Crippen molar-refractivity contribution in [3.8, 4) is 0 Å². The van der Waals surface area contributed by atoms with E-state index in [1.807, 2.05) is 25.3 Å². The topological polar surface area (TPSA) is 65.7 Å². The molecule has 26 heavy (non-hydrogen) atoms. The van der Waals surface area contributed by atoms with E-state index >= 15 is 0 Å². The molecule has 0 radical (unpaired) electrons. The minimum Gasteiger partial charge on any atom is -0.447 e. The molecule has 0 spiro atoms. The Morgan fingerprint density at radius 2 is 1.92 bits per heavy atom. The maximum absolute atomic E-state index is 12.2. The van der Waals surface area contributed by atoms with Gasteiger partial charge < -0.3 is 9.32 Å². The lowest BCUT2D eigenvalue weighted by Crippen LogP contribution is -2.45. The van der Waals surface area contributed by atoms with Crippen LogP contribution in [0.15, 0.2) is 35.1 Å². The molecule has 0 atom stereocenters. The summed E-state index contributed by atoms with van der Waals surface area (Å²) in [6.45, 7) is 8.18. The second-order valence-corrected chi connectivity index (χ2v) is 6.73. The van der Waals surface area contributed by atoms with Crippen LogP contribution >= 0.6 is 0 Å².